The Bertz CT molecular complexity index is 1090. The molecule has 3 heterocycles. The quantitative estimate of drug-likeness (QED) is 0.396. The molecule has 2 saturated heterocycles. The summed E-state index contributed by atoms with van der Waals surface area (Å²) in [4.78, 5) is 33.7. The number of Topliss-reactive ketones (excluding diaryl/α,β-unsaturated/α-hetero) is 1. The number of aromatic amines is 1. The van der Waals surface area contributed by atoms with Gasteiger partial charge in [0.15, 0.2) is 0 Å². The number of likely N-dealkylation sites (tertiary alicyclic amines) is 2. The van der Waals surface area contributed by atoms with Crippen LogP contribution in [-0.4, -0.2) is 64.9 Å². The molecule has 7 nitrogen and oxygen atoms in total. The standard InChI is InChI=1S/C26H33N3O4/c1-16-17(2)27-18(3)21(16)24(30)22-23(19-9-8-10-20(15-19)33-4)29(26(32)25(22)31)14-13-28-11-6-5-7-12-28/h8-10,15,23,27,30H,5-7,11-14H2,1-4H3/b24-22+. The van der Waals surface area contributed by atoms with E-state index < -0.39 is 17.7 Å². The minimum absolute atomic E-state index is 0.124. The fourth-order valence-corrected chi connectivity index (χ4v) is 5.10. The Morgan fingerprint density at radius 2 is 1.82 bits per heavy atom. The highest BCUT2D eigenvalue weighted by molar-refractivity contribution is 6.46. The minimum Gasteiger partial charge on any atom is -0.507 e. The SMILES string of the molecule is COc1cccc(C2/C(=C(\O)c3c(C)[nH]c(C)c3C)C(=O)C(=O)N2CCN2CCCCC2)c1. The Kier molecular flexibility index (Phi) is 6.61. The van der Waals surface area contributed by atoms with Gasteiger partial charge in [0.25, 0.3) is 11.7 Å². The Morgan fingerprint density at radius 3 is 2.45 bits per heavy atom. The van der Waals surface area contributed by atoms with Gasteiger partial charge in [0.2, 0.25) is 0 Å². The number of hydrogen-bond acceptors (Lipinski definition) is 5. The normalized spacial score (nSPS) is 21.1. The second kappa shape index (κ2) is 9.43. The molecular formula is C26H33N3O4. The molecule has 0 bridgehead atoms. The molecule has 176 valence electrons. The number of aryl methyl sites for hydroxylation is 2. The Labute approximate surface area is 195 Å². The van der Waals surface area contributed by atoms with Crippen molar-refractivity contribution in [1.29, 1.82) is 0 Å². The van der Waals surface area contributed by atoms with Gasteiger partial charge in [-0.2, -0.15) is 0 Å². The van der Waals surface area contributed by atoms with Crippen LogP contribution in [0.3, 0.4) is 0 Å². The maximum atomic E-state index is 13.3. The molecule has 0 radical (unpaired) electrons. The van der Waals surface area contributed by atoms with E-state index >= 15 is 0 Å². The first kappa shape index (κ1) is 23.1. The van der Waals surface area contributed by atoms with Crippen LogP contribution in [0.25, 0.3) is 5.76 Å². The highest BCUT2D eigenvalue weighted by atomic mass is 16.5. The number of amides is 1. The van der Waals surface area contributed by atoms with Gasteiger partial charge in [0.1, 0.15) is 11.5 Å². The third-order valence-electron chi connectivity index (χ3n) is 6.98. The molecule has 33 heavy (non-hydrogen) atoms. The van der Waals surface area contributed by atoms with E-state index in [1.807, 2.05) is 45.0 Å². The van der Waals surface area contributed by atoms with Crippen LogP contribution >= 0.6 is 0 Å². The lowest BCUT2D eigenvalue weighted by Gasteiger charge is -2.31. The average Bonchev–Trinajstić information content (AvgIpc) is 3.23. The lowest BCUT2D eigenvalue weighted by Crippen LogP contribution is -2.40. The van der Waals surface area contributed by atoms with E-state index in [4.69, 9.17) is 4.74 Å². The van der Waals surface area contributed by atoms with Crippen LogP contribution < -0.4 is 4.74 Å². The molecule has 1 aromatic heterocycles. The summed E-state index contributed by atoms with van der Waals surface area (Å²) >= 11 is 0. The van der Waals surface area contributed by atoms with E-state index in [1.165, 1.54) is 6.42 Å². The van der Waals surface area contributed by atoms with Crippen LogP contribution in [0.4, 0.5) is 0 Å². The maximum Gasteiger partial charge on any atom is 0.295 e. The van der Waals surface area contributed by atoms with E-state index in [0.717, 1.165) is 48.4 Å². The second-order valence-corrected chi connectivity index (χ2v) is 9.05. The predicted octanol–water partition coefficient (Wildman–Crippen LogP) is 3.86. The van der Waals surface area contributed by atoms with Crippen molar-refractivity contribution in [3.8, 4) is 5.75 Å². The van der Waals surface area contributed by atoms with Gasteiger partial charge in [-0.3, -0.25) is 9.59 Å². The van der Waals surface area contributed by atoms with E-state index in [2.05, 4.69) is 9.88 Å². The summed E-state index contributed by atoms with van der Waals surface area (Å²) in [5.41, 5.74) is 4.04. The molecule has 2 aliphatic heterocycles. The number of ketones is 1. The van der Waals surface area contributed by atoms with Crippen molar-refractivity contribution in [1.82, 2.24) is 14.8 Å². The van der Waals surface area contributed by atoms with Crippen LogP contribution in [0.2, 0.25) is 0 Å². The number of methoxy groups -OCH3 is 1. The van der Waals surface area contributed by atoms with Crippen molar-refractivity contribution in [3.05, 3.63) is 57.9 Å². The average molecular weight is 452 g/mol. The van der Waals surface area contributed by atoms with Gasteiger partial charge in [-0.05, 0) is 70.0 Å². The summed E-state index contributed by atoms with van der Waals surface area (Å²) in [6.45, 7) is 8.84. The van der Waals surface area contributed by atoms with E-state index in [1.54, 1.807) is 12.0 Å². The fraction of sp³-hybridized carbons (Fsp3) is 0.462. The molecule has 2 aliphatic rings. The van der Waals surface area contributed by atoms with Gasteiger partial charge < -0.3 is 24.6 Å². The molecule has 4 rings (SSSR count). The number of rotatable bonds is 6. The zero-order valence-corrected chi connectivity index (χ0v) is 19.9. The topological polar surface area (TPSA) is 85.9 Å². The molecule has 0 saturated carbocycles. The first-order valence-corrected chi connectivity index (χ1v) is 11.6. The van der Waals surface area contributed by atoms with Gasteiger partial charge in [-0.1, -0.05) is 18.6 Å². The fourth-order valence-electron chi connectivity index (χ4n) is 5.10. The molecule has 7 heteroatoms. The molecular weight excluding hydrogens is 418 g/mol. The highest BCUT2D eigenvalue weighted by Gasteiger charge is 2.46. The molecule has 1 unspecified atom stereocenters. The zero-order chi connectivity index (χ0) is 23.7. The van der Waals surface area contributed by atoms with Gasteiger partial charge >= 0.3 is 0 Å². The highest BCUT2D eigenvalue weighted by Crippen LogP contribution is 2.41. The molecule has 2 aromatic rings. The van der Waals surface area contributed by atoms with Crippen molar-refractivity contribution in [2.45, 2.75) is 46.1 Å². The van der Waals surface area contributed by atoms with Crippen LogP contribution in [0.15, 0.2) is 29.8 Å². The zero-order valence-electron chi connectivity index (χ0n) is 19.9. The number of benzene rings is 1. The van der Waals surface area contributed by atoms with Gasteiger partial charge in [-0.25, -0.2) is 0 Å². The number of aromatic nitrogens is 1. The lowest BCUT2D eigenvalue weighted by molar-refractivity contribution is -0.140. The smallest absolute Gasteiger partial charge is 0.295 e. The van der Waals surface area contributed by atoms with Crippen LogP contribution in [0.1, 0.15) is 53.4 Å². The lowest BCUT2D eigenvalue weighted by atomic mass is 9.94. The van der Waals surface area contributed by atoms with Crippen LogP contribution in [-0.2, 0) is 9.59 Å². The summed E-state index contributed by atoms with van der Waals surface area (Å²) in [5, 5.41) is 11.4. The summed E-state index contributed by atoms with van der Waals surface area (Å²) in [7, 11) is 1.59. The predicted molar refractivity (Wildman–Crippen MR) is 127 cm³/mol. The van der Waals surface area contributed by atoms with Crippen LogP contribution in [0.5, 0.6) is 5.75 Å². The minimum atomic E-state index is -0.668. The first-order chi connectivity index (χ1) is 15.8. The maximum absolute atomic E-state index is 13.3. The number of carbonyl (C=O) groups excluding carboxylic acids is 2. The Morgan fingerprint density at radius 1 is 1.09 bits per heavy atom. The monoisotopic (exact) mass is 451 g/mol. The van der Waals surface area contributed by atoms with Crippen molar-refractivity contribution >= 4 is 17.4 Å². The van der Waals surface area contributed by atoms with Gasteiger partial charge in [-0.15, -0.1) is 0 Å². The third-order valence-corrected chi connectivity index (χ3v) is 6.98. The first-order valence-electron chi connectivity index (χ1n) is 11.6. The van der Waals surface area contributed by atoms with Crippen molar-refractivity contribution < 1.29 is 19.4 Å². The molecule has 1 atom stereocenters. The Hall–Kier alpha value is -3.06. The summed E-state index contributed by atoms with van der Waals surface area (Å²) in [5.74, 6) is -0.694. The van der Waals surface area contributed by atoms with Crippen molar-refractivity contribution in [3.63, 3.8) is 0 Å². The van der Waals surface area contributed by atoms with Gasteiger partial charge in [0, 0.05) is 30.0 Å². The van der Waals surface area contributed by atoms with E-state index in [-0.39, 0.29) is 11.3 Å². The van der Waals surface area contributed by atoms with E-state index in [0.29, 0.717) is 24.4 Å². The Balaban J connectivity index is 1.79. The van der Waals surface area contributed by atoms with Crippen molar-refractivity contribution in [2.24, 2.45) is 0 Å². The summed E-state index contributed by atoms with van der Waals surface area (Å²) < 4.78 is 5.40. The molecule has 0 spiro atoms. The van der Waals surface area contributed by atoms with E-state index in [9.17, 15) is 14.7 Å². The van der Waals surface area contributed by atoms with Crippen molar-refractivity contribution in [2.75, 3.05) is 33.3 Å². The summed E-state index contributed by atoms with van der Waals surface area (Å²) in [6, 6.07) is 6.71. The number of nitrogens with one attached hydrogen (secondary N) is 1. The largest absolute Gasteiger partial charge is 0.507 e. The molecule has 1 aromatic carbocycles. The number of hydrogen-bond donors (Lipinski definition) is 2. The third kappa shape index (κ3) is 4.29. The summed E-state index contributed by atoms with van der Waals surface area (Å²) in [6.07, 6.45) is 3.55. The number of carbonyl (C=O) groups is 2. The molecule has 2 N–H and O–H groups in total. The number of piperidine rings is 1. The number of H-pyrrole nitrogens is 1. The number of aliphatic hydroxyl groups excluding tert-OH is 1. The number of nitrogens with zero attached hydrogens (tertiary/aromatic N) is 2. The molecule has 1 amide bonds. The number of aliphatic hydroxyl groups is 1. The van der Waals surface area contributed by atoms with Gasteiger partial charge in [0.05, 0.1) is 18.7 Å². The molecule has 2 fully saturated rings. The number of ether oxygens (including phenoxy) is 1. The molecule has 0 aliphatic carbocycles. The van der Waals surface area contributed by atoms with Crippen LogP contribution in [0, 0.1) is 20.8 Å². The second-order valence-electron chi connectivity index (χ2n) is 9.05.